The molecule has 0 radical (unpaired) electrons. The molecule has 2 rings (SSSR count). The fourth-order valence-corrected chi connectivity index (χ4v) is 2.83. The van der Waals surface area contributed by atoms with Crippen LogP contribution in [0.5, 0.6) is 0 Å². The highest BCUT2D eigenvalue weighted by Gasteiger charge is 2.18. The third-order valence-corrected chi connectivity index (χ3v) is 3.73. The second-order valence-corrected chi connectivity index (χ2v) is 6.05. The van der Waals surface area contributed by atoms with Crippen LogP contribution in [0.2, 0.25) is 0 Å². The Balaban J connectivity index is 1.82. The van der Waals surface area contributed by atoms with E-state index in [1.165, 1.54) is 38.0 Å². The summed E-state index contributed by atoms with van der Waals surface area (Å²) in [5, 5.41) is 3.61. The second-order valence-electron chi connectivity index (χ2n) is 6.05. The van der Waals surface area contributed by atoms with Crippen molar-refractivity contribution >= 4 is 0 Å². The Kier molecular flexibility index (Phi) is 5.80. The maximum absolute atomic E-state index is 4.08. The zero-order valence-electron chi connectivity index (χ0n) is 12.3. The summed E-state index contributed by atoms with van der Waals surface area (Å²) in [6, 6.07) is 4.96. The van der Waals surface area contributed by atoms with Gasteiger partial charge in [0.05, 0.1) is 0 Å². The minimum atomic E-state index is 0.705. The van der Waals surface area contributed by atoms with Crippen LogP contribution in [-0.4, -0.2) is 42.1 Å². The number of hydrogen-bond donors (Lipinski definition) is 1. The first kappa shape index (κ1) is 14.5. The summed E-state index contributed by atoms with van der Waals surface area (Å²) in [7, 11) is 0. The molecule has 1 aromatic rings. The van der Waals surface area contributed by atoms with Crippen LogP contribution >= 0.6 is 0 Å². The Morgan fingerprint density at radius 2 is 2.16 bits per heavy atom. The fourth-order valence-electron chi connectivity index (χ4n) is 2.83. The number of nitrogens with one attached hydrogen (secondary N) is 1. The molecule has 0 saturated carbocycles. The Hall–Kier alpha value is -0.930. The zero-order valence-corrected chi connectivity index (χ0v) is 12.3. The largest absolute Gasteiger partial charge is 0.313 e. The van der Waals surface area contributed by atoms with Gasteiger partial charge in [0.1, 0.15) is 0 Å². The lowest BCUT2D eigenvalue weighted by molar-refractivity contribution is 0.226. The van der Waals surface area contributed by atoms with Crippen LogP contribution in [0, 0.1) is 5.92 Å². The molecule has 1 aromatic heterocycles. The molecule has 106 valence electrons. The smallest absolute Gasteiger partial charge is 0.0270 e. The maximum Gasteiger partial charge on any atom is 0.0270 e. The quantitative estimate of drug-likeness (QED) is 0.816. The Labute approximate surface area is 117 Å². The van der Waals surface area contributed by atoms with Crippen LogP contribution in [-0.2, 0) is 6.42 Å². The van der Waals surface area contributed by atoms with Crippen molar-refractivity contribution < 1.29 is 0 Å². The Morgan fingerprint density at radius 1 is 1.37 bits per heavy atom. The van der Waals surface area contributed by atoms with E-state index in [1.807, 2.05) is 12.4 Å². The molecule has 19 heavy (non-hydrogen) atoms. The van der Waals surface area contributed by atoms with E-state index in [-0.39, 0.29) is 0 Å². The van der Waals surface area contributed by atoms with Crippen molar-refractivity contribution in [1.82, 2.24) is 15.2 Å². The highest BCUT2D eigenvalue weighted by molar-refractivity contribution is 5.09. The third kappa shape index (κ3) is 5.29. The molecule has 3 nitrogen and oxygen atoms in total. The number of hydrogen-bond acceptors (Lipinski definition) is 3. The summed E-state index contributed by atoms with van der Waals surface area (Å²) in [6.07, 6.45) is 7.58. The molecule has 0 aliphatic carbocycles. The van der Waals surface area contributed by atoms with Crippen LogP contribution in [0.25, 0.3) is 0 Å². The van der Waals surface area contributed by atoms with Gasteiger partial charge in [0.25, 0.3) is 0 Å². The first-order valence-corrected chi connectivity index (χ1v) is 7.58. The molecule has 1 fully saturated rings. The number of rotatable bonds is 7. The van der Waals surface area contributed by atoms with Gasteiger partial charge in [-0.2, -0.15) is 0 Å². The first-order chi connectivity index (χ1) is 9.24. The normalized spacial score (nSPS) is 19.5. The SMILES string of the molecule is CC(C)CN(CCc1ccncc1)CC1CCCN1. The molecule has 1 aliphatic heterocycles. The third-order valence-electron chi connectivity index (χ3n) is 3.73. The summed E-state index contributed by atoms with van der Waals surface area (Å²) >= 11 is 0. The van der Waals surface area contributed by atoms with Gasteiger partial charge in [0.2, 0.25) is 0 Å². The van der Waals surface area contributed by atoms with Crippen LogP contribution in [0.1, 0.15) is 32.3 Å². The van der Waals surface area contributed by atoms with E-state index in [1.54, 1.807) is 0 Å². The average molecular weight is 261 g/mol. The van der Waals surface area contributed by atoms with Crippen LogP contribution in [0.15, 0.2) is 24.5 Å². The molecule has 1 saturated heterocycles. The standard InChI is InChI=1S/C16H27N3/c1-14(2)12-19(13-16-4-3-8-18-16)11-7-15-5-9-17-10-6-15/h5-6,9-10,14,16,18H,3-4,7-8,11-13H2,1-2H3. The van der Waals surface area contributed by atoms with Gasteiger partial charge in [-0.25, -0.2) is 0 Å². The molecule has 0 bridgehead atoms. The predicted molar refractivity (Wildman–Crippen MR) is 80.2 cm³/mol. The van der Waals surface area contributed by atoms with Gasteiger partial charge in [-0.05, 0) is 49.4 Å². The molecular weight excluding hydrogens is 234 g/mol. The number of nitrogens with zero attached hydrogens (tertiary/aromatic N) is 2. The highest BCUT2D eigenvalue weighted by Crippen LogP contribution is 2.10. The molecule has 3 heteroatoms. The van der Waals surface area contributed by atoms with Crippen molar-refractivity contribution in [2.24, 2.45) is 5.92 Å². The molecule has 0 spiro atoms. The Morgan fingerprint density at radius 3 is 2.79 bits per heavy atom. The van der Waals surface area contributed by atoms with Gasteiger partial charge in [0, 0.05) is 38.1 Å². The van der Waals surface area contributed by atoms with Crippen LogP contribution in [0.4, 0.5) is 0 Å². The topological polar surface area (TPSA) is 28.2 Å². The summed E-state index contributed by atoms with van der Waals surface area (Å²) in [5.74, 6) is 0.735. The van der Waals surface area contributed by atoms with Crippen LogP contribution in [0.3, 0.4) is 0 Å². The summed E-state index contributed by atoms with van der Waals surface area (Å²) < 4.78 is 0. The fraction of sp³-hybridized carbons (Fsp3) is 0.688. The summed E-state index contributed by atoms with van der Waals surface area (Å²) in [4.78, 5) is 6.70. The lowest BCUT2D eigenvalue weighted by atomic mass is 10.1. The van der Waals surface area contributed by atoms with Crippen molar-refractivity contribution in [3.63, 3.8) is 0 Å². The van der Waals surface area contributed by atoms with E-state index in [2.05, 4.69) is 41.2 Å². The highest BCUT2D eigenvalue weighted by atomic mass is 15.2. The minimum absolute atomic E-state index is 0.705. The molecule has 1 atom stereocenters. The average Bonchev–Trinajstić information content (AvgIpc) is 2.89. The summed E-state index contributed by atoms with van der Waals surface area (Å²) in [5.41, 5.74) is 1.39. The van der Waals surface area contributed by atoms with Gasteiger partial charge >= 0.3 is 0 Å². The first-order valence-electron chi connectivity index (χ1n) is 7.58. The van der Waals surface area contributed by atoms with Crippen molar-refractivity contribution in [2.45, 2.75) is 39.2 Å². The van der Waals surface area contributed by atoms with E-state index in [0.29, 0.717) is 6.04 Å². The molecule has 1 unspecified atom stereocenters. The van der Waals surface area contributed by atoms with Crippen molar-refractivity contribution in [1.29, 1.82) is 0 Å². The maximum atomic E-state index is 4.08. The van der Waals surface area contributed by atoms with Gasteiger partial charge in [-0.3, -0.25) is 4.98 Å². The van der Waals surface area contributed by atoms with Crippen molar-refractivity contribution in [3.05, 3.63) is 30.1 Å². The van der Waals surface area contributed by atoms with E-state index < -0.39 is 0 Å². The van der Waals surface area contributed by atoms with Gasteiger partial charge in [0.15, 0.2) is 0 Å². The Bertz CT molecular complexity index is 344. The number of pyridine rings is 1. The van der Waals surface area contributed by atoms with Gasteiger partial charge in [-0.15, -0.1) is 0 Å². The van der Waals surface area contributed by atoms with E-state index in [4.69, 9.17) is 0 Å². The van der Waals surface area contributed by atoms with E-state index >= 15 is 0 Å². The van der Waals surface area contributed by atoms with Crippen LogP contribution < -0.4 is 5.32 Å². The zero-order chi connectivity index (χ0) is 13.5. The van der Waals surface area contributed by atoms with Gasteiger partial charge in [-0.1, -0.05) is 13.8 Å². The molecule has 1 N–H and O–H groups in total. The molecular formula is C16H27N3. The monoisotopic (exact) mass is 261 g/mol. The van der Waals surface area contributed by atoms with Crippen molar-refractivity contribution in [2.75, 3.05) is 26.2 Å². The predicted octanol–water partition coefficient (Wildman–Crippen LogP) is 2.33. The lowest BCUT2D eigenvalue weighted by Gasteiger charge is -2.27. The summed E-state index contributed by atoms with van der Waals surface area (Å²) in [6.45, 7) is 9.36. The van der Waals surface area contributed by atoms with Gasteiger partial charge < -0.3 is 10.2 Å². The minimum Gasteiger partial charge on any atom is -0.313 e. The van der Waals surface area contributed by atoms with E-state index in [0.717, 1.165) is 18.9 Å². The molecule has 1 aliphatic rings. The molecule has 0 amide bonds. The van der Waals surface area contributed by atoms with Crippen molar-refractivity contribution in [3.8, 4) is 0 Å². The van der Waals surface area contributed by atoms with E-state index in [9.17, 15) is 0 Å². The molecule has 0 aromatic carbocycles. The lowest BCUT2D eigenvalue weighted by Crippen LogP contribution is -2.40. The second kappa shape index (κ2) is 7.61. The molecule has 2 heterocycles. The number of aromatic nitrogens is 1.